The Hall–Kier alpha value is -3.30. The van der Waals surface area contributed by atoms with Gasteiger partial charge in [0.05, 0.1) is 16.3 Å². The lowest BCUT2D eigenvalue weighted by Gasteiger charge is -2.29. The van der Waals surface area contributed by atoms with E-state index in [1.165, 1.54) is 19.9 Å². The van der Waals surface area contributed by atoms with E-state index in [4.69, 9.17) is 0 Å². The summed E-state index contributed by atoms with van der Waals surface area (Å²) in [6.07, 6.45) is -1.87. The number of alkyl halides is 3. The third kappa shape index (κ3) is 3.96. The number of aryl methyl sites for hydroxylation is 2. The lowest BCUT2D eigenvalue weighted by molar-refractivity contribution is -0.213. The van der Waals surface area contributed by atoms with E-state index in [0.717, 1.165) is 35.7 Å². The van der Waals surface area contributed by atoms with Crippen LogP contribution in [0.15, 0.2) is 30.3 Å². The Labute approximate surface area is 205 Å². The molecule has 5 nitrogen and oxygen atoms in total. The Balaban J connectivity index is 1.67. The molecule has 0 saturated heterocycles. The van der Waals surface area contributed by atoms with Crippen molar-refractivity contribution in [2.45, 2.75) is 59.1 Å². The average molecular weight is 504 g/mol. The first-order valence-corrected chi connectivity index (χ1v) is 11.9. The molecule has 3 heterocycles. The monoisotopic (exact) mass is 503 g/mol. The quantitative estimate of drug-likeness (QED) is 0.286. The molecule has 0 fully saturated rings. The summed E-state index contributed by atoms with van der Waals surface area (Å²) < 4.78 is 71.7. The molecule has 0 saturated carbocycles. The van der Waals surface area contributed by atoms with Gasteiger partial charge in [0, 0.05) is 12.2 Å². The Kier molecular flexibility index (Phi) is 5.88. The van der Waals surface area contributed by atoms with Gasteiger partial charge >= 0.3 is 6.18 Å². The fourth-order valence-corrected chi connectivity index (χ4v) is 4.89. The number of nitrogens with zero attached hydrogens (tertiary/aromatic N) is 5. The zero-order valence-corrected chi connectivity index (χ0v) is 20.3. The van der Waals surface area contributed by atoms with E-state index in [0.29, 0.717) is 24.3 Å². The van der Waals surface area contributed by atoms with E-state index >= 15 is 4.39 Å². The zero-order valence-electron chi connectivity index (χ0n) is 20.3. The van der Waals surface area contributed by atoms with Crippen LogP contribution in [-0.2, 0) is 12.8 Å². The van der Waals surface area contributed by atoms with Crippen LogP contribution in [-0.4, -0.2) is 32.3 Å². The molecule has 0 aliphatic carbocycles. The second-order valence-electron chi connectivity index (χ2n) is 9.98. The fourth-order valence-electron chi connectivity index (χ4n) is 4.89. The van der Waals surface area contributed by atoms with Gasteiger partial charge in [-0.15, -0.1) is 10.2 Å². The van der Waals surface area contributed by atoms with Crippen molar-refractivity contribution in [1.82, 2.24) is 19.6 Å². The Morgan fingerprint density at radius 2 is 1.78 bits per heavy atom. The molecule has 1 aliphatic rings. The summed E-state index contributed by atoms with van der Waals surface area (Å²) in [5.74, 6) is -1.04. The highest BCUT2D eigenvalue weighted by atomic mass is 19.4. The van der Waals surface area contributed by atoms with Crippen LogP contribution in [0.4, 0.5) is 33.5 Å². The van der Waals surface area contributed by atoms with Gasteiger partial charge in [-0.1, -0.05) is 26.0 Å². The largest absolute Gasteiger partial charge is 0.393 e. The number of halogens is 5. The summed E-state index contributed by atoms with van der Waals surface area (Å²) in [5.41, 5.74) is 1.05. The van der Waals surface area contributed by atoms with Gasteiger partial charge in [-0.3, -0.25) is 4.40 Å². The number of rotatable bonds is 4. The number of benzene rings is 2. The molecule has 0 bridgehead atoms. The molecule has 2 aromatic heterocycles. The number of anilines is 2. The highest BCUT2D eigenvalue weighted by molar-refractivity contribution is 5.94. The van der Waals surface area contributed by atoms with Crippen LogP contribution in [0.3, 0.4) is 0 Å². The molecule has 190 valence electrons. The van der Waals surface area contributed by atoms with Gasteiger partial charge in [0.25, 0.3) is 5.78 Å². The van der Waals surface area contributed by atoms with Crippen LogP contribution in [0.5, 0.6) is 0 Å². The predicted molar refractivity (Wildman–Crippen MR) is 127 cm³/mol. The highest BCUT2D eigenvalue weighted by Gasteiger charge is 2.46. The smallest absolute Gasteiger partial charge is 0.325 e. The van der Waals surface area contributed by atoms with Crippen molar-refractivity contribution >= 4 is 28.2 Å². The topological polar surface area (TPSA) is 46.3 Å². The Bertz CT molecular complexity index is 1460. The van der Waals surface area contributed by atoms with Crippen molar-refractivity contribution in [1.29, 1.82) is 0 Å². The maximum Gasteiger partial charge on any atom is 0.393 e. The molecule has 2 aromatic carbocycles. The number of hydrogen-bond acceptors (Lipinski definition) is 4. The number of fused-ring (bicyclic) bond motifs is 4. The van der Waals surface area contributed by atoms with Crippen molar-refractivity contribution in [3.63, 3.8) is 0 Å². The summed E-state index contributed by atoms with van der Waals surface area (Å²) in [6, 6.07) is 8.06. The normalized spacial score (nSPS) is 14.9. The second-order valence-corrected chi connectivity index (χ2v) is 9.98. The number of hydrogen-bond donors (Lipinski definition) is 0. The molecule has 0 N–H and O–H groups in total. The van der Waals surface area contributed by atoms with Gasteiger partial charge in [0.1, 0.15) is 11.6 Å². The summed E-state index contributed by atoms with van der Waals surface area (Å²) in [4.78, 5) is 6.44. The third-order valence-electron chi connectivity index (χ3n) is 7.19. The van der Waals surface area contributed by atoms with Crippen LogP contribution in [0.25, 0.3) is 16.7 Å². The van der Waals surface area contributed by atoms with Gasteiger partial charge in [-0.2, -0.15) is 18.2 Å². The Morgan fingerprint density at radius 3 is 2.53 bits per heavy atom. The third-order valence-corrected chi connectivity index (χ3v) is 7.19. The van der Waals surface area contributed by atoms with Crippen molar-refractivity contribution in [3.05, 3.63) is 58.9 Å². The maximum atomic E-state index is 15.3. The van der Waals surface area contributed by atoms with Gasteiger partial charge < -0.3 is 4.90 Å². The first-order valence-electron chi connectivity index (χ1n) is 11.9. The molecule has 1 aliphatic heterocycles. The van der Waals surface area contributed by atoms with Gasteiger partial charge in [0.2, 0.25) is 0 Å². The summed E-state index contributed by atoms with van der Waals surface area (Å²) in [5, 5.41) is 8.17. The SMILES string of the molecule is Cc1nnc2nc(N3CCCCc4c(CCC(C)(C)C(F)(F)F)cccc43)c3c(F)c(F)ccc3n12. The van der Waals surface area contributed by atoms with E-state index in [9.17, 15) is 17.6 Å². The molecular formula is C26H26F5N5. The molecule has 0 amide bonds. The summed E-state index contributed by atoms with van der Waals surface area (Å²) >= 11 is 0. The zero-order chi connectivity index (χ0) is 25.8. The van der Waals surface area contributed by atoms with Crippen molar-refractivity contribution < 1.29 is 22.0 Å². The van der Waals surface area contributed by atoms with Crippen LogP contribution in [0.2, 0.25) is 0 Å². The molecule has 0 spiro atoms. The Morgan fingerprint density at radius 1 is 1.00 bits per heavy atom. The highest BCUT2D eigenvalue weighted by Crippen LogP contribution is 2.43. The summed E-state index contributed by atoms with van der Waals surface area (Å²) in [6.45, 7) is 4.62. The lowest BCUT2D eigenvalue weighted by Crippen LogP contribution is -2.32. The minimum atomic E-state index is -4.30. The van der Waals surface area contributed by atoms with Crippen molar-refractivity contribution in [3.8, 4) is 0 Å². The molecular weight excluding hydrogens is 477 g/mol. The van der Waals surface area contributed by atoms with E-state index in [1.54, 1.807) is 17.4 Å². The van der Waals surface area contributed by atoms with Crippen LogP contribution in [0.1, 0.15) is 50.1 Å². The minimum absolute atomic E-state index is 0.0156. The molecule has 10 heteroatoms. The molecule has 0 radical (unpaired) electrons. The molecule has 36 heavy (non-hydrogen) atoms. The predicted octanol–water partition coefficient (Wildman–Crippen LogP) is 6.86. The molecule has 0 atom stereocenters. The first-order chi connectivity index (χ1) is 17.0. The second kappa shape index (κ2) is 8.67. The fraction of sp³-hybridized carbons (Fsp3) is 0.423. The van der Waals surface area contributed by atoms with Crippen molar-refractivity contribution in [2.24, 2.45) is 5.41 Å². The average Bonchev–Trinajstić information content (AvgIpc) is 3.06. The molecule has 5 rings (SSSR count). The van der Waals surface area contributed by atoms with Crippen molar-refractivity contribution in [2.75, 3.05) is 11.4 Å². The van der Waals surface area contributed by atoms with Gasteiger partial charge in [-0.05, 0) is 68.4 Å². The van der Waals surface area contributed by atoms with E-state index in [2.05, 4.69) is 15.2 Å². The van der Waals surface area contributed by atoms with E-state index in [-0.39, 0.29) is 29.8 Å². The standard InChI is InChI=1S/C26H26F5N5/c1-15-33-34-24-32-23(21-20(36(15)24)11-10-18(27)22(21)28)35-14-5-4-8-17-16(7-6-9-19(17)35)12-13-25(2,3)26(29,30)31/h6-7,9-11H,4-5,8,12-14H2,1-3H3. The van der Waals surface area contributed by atoms with Gasteiger partial charge in [0.15, 0.2) is 11.6 Å². The molecule has 4 aromatic rings. The van der Waals surface area contributed by atoms with Gasteiger partial charge in [-0.25, -0.2) is 8.78 Å². The maximum absolute atomic E-state index is 15.3. The summed E-state index contributed by atoms with van der Waals surface area (Å²) in [7, 11) is 0. The lowest BCUT2D eigenvalue weighted by atomic mass is 9.84. The number of aromatic nitrogens is 4. The van der Waals surface area contributed by atoms with Crippen LogP contribution < -0.4 is 4.90 Å². The van der Waals surface area contributed by atoms with Crippen LogP contribution in [0, 0.1) is 24.0 Å². The first kappa shape index (κ1) is 24.4. The van der Waals surface area contributed by atoms with Crippen LogP contribution >= 0.6 is 0 Å². The van der Waals surface area contributed by atoms with E-state index < -0.39 is 23.2 Å². The van der Waals surface area contributed by atoms with E-state index in [1.807, 2.05) is 17.0 Å². The minimum Gasteiger partial charge on any atom is -0.325 e. The molecule has 0 unspecified atom stereocenters.